The minimum Gasteiger partial charge on any atom is -0.0623 e. The summed E-state index contributed by atoms with van der Waals surface area (Å²) in [6, 6.07) is 0. The van der Waals surface area contributed by atoms with Gasteiger partial charge in [-0.3, -0.25) is 0 Å². The molecular formula is C14H20. The molecule has 0 aliphatic heterocycles. The Morgan fingerprint density at radius 3 is 1.29 bits per heavy atom. The van der Waals surface area contributed by atoms with Crippen LogP contribution in [-0.2, 0) is 0 Å². The van der Waals surface area contributed by atoms with Gasteiger partial charge in [-0.1, -0.05) is 64.2 Å². The van der Waals surface area contributed by atoms with Gasteiger partial charge in [-0.25, -0.2) is 0 Å². The first-order valence-electron chi connectivity index (χ1n) is 5.38. The van der Waals surface area contributed by atoms with Crippen LogP contribution in [0.3, 0.4) is 0 Å². The van der Waals surface area contributed by atoms with E-state index >= 15 is 0 Å². The van der Waals surface area contributed by atoms with E-state index in [9.17, 15) is 0 Å². The molecule has 14 heavy (non-hydrogen) atoms. The first-order chi connectivity index (χ1) is 6.63. The maximum atomic E-state index is 2.25. The van der Waals surface area contributed by atoms with Gasteiger partial charge in [0.2, 0.25) is 0 Å². The van der Waals surface area contributed by atoms with Gasteiger partial charge >= 0.3 is 0 Å². The Labute approximate surface area is 87.7 Å². The highest BCUT2D eigenvalue weighted by molar-refractivity contribution is 5.39. The van der Waals surface area contributed by atoms with Crippen LogP contribution in [0.5, 0.6) is 0 Å². The molecule has 1 aliphatic rings. The molecule has 76 valence electrons. The minimum absolute atomic E-state index is 0.597. The summed E-state index contributed by atoms with van der Waals surface area (Å²) in [7, 11) is 0. The maximum Gasteiger partial charge on any atom is -0.0216 e. The lowest BCUT2D eigenvalue weighted by Gasteiger charge is -2.16. The van der Waals surface area contributed by atoms with Crippen molar-refractivity contribution in [1.29, 1.82) is 0 Å². The van der Waals surface area contributed by atoms with Gasteiger partial charge in [0.25, 0.3) is 0 Å². The van der Waals surface area contributed by atoms with Gasteiger partial charge < -0.3 is 0 Å². The van der Waals surface area contributed by atoms with Crippen molar-refractivity contribution >= 4 is 0 Å². The van der Waals surface area contributed by atoms with Crippen LogP contribution in [0.15, 0.2) is 47.6 Å². The molecule has 0 saturated carbocycles. The van der Waals surface area contributed by atoms with E-state index in [4.69, 9.17) is 0 Å². The number of allylic oxidation sites excluding steroid dienone is 8. The summed E-state index contributed by atoms with van der Waals surface area (Å²) in [4.78, 5) is 0. The van der Waals surface area contributed by atoms with Gasteiger partial charge in [-0.2, -0.15) is 0 Å². The molecule has 0 nitrogen and oxygen atoms in total. The van der Waals surface area contributed by atoms with Crippen molar-refractivity contribution in [1.82, 2.24) is 0 Å². The van der Waals surface area contributed by atoms with Gasteiger partial charge in [-0.05, 0) is 23.0 Å². The second kappa shape index (κ2) is 4.99. The van der Waals surface area contributed by atoms with E-state index in [0.717, 1.165) is 0 Å². The first kappa shape index (κ1) is 11.0. The largest absolute Gasteiger partial charge is 0.0623 e. The normalized spacial score (nSPS) is 16.7. The molecule has 0 atom stereocenters. The predicted octanol–water partition coefficient (Wildman–Crippen LogP) is 4.28. The summed E-state index contributed by atoms with van der Waals surface area (Å²) in [6.07, 6.45) is 12.9. The Morgan fingerprint density at radius 1 is 0.643 bits per heavy atom. The fraction of sp³-hybridized carbons (Fsp3) is 0.429. The summed E-state index contributed by atoms with van der Waals surface area (Å²) in [5.74, 6) is 1.19. The van der Waals surface area contributed by atoms with Gasteiger partial charge in [-0.15, -0.1) is 0 Å². The van der Waals surface area contributed by atoms with Crippen molar-refractivity contribution in [2.24, 2.45) is 11.8 Å². The zero-order valence-electron chi connectivity index (χ0n) is 9.62. The molecule has 1 rings (SSSR count). The lowest BCUT2D eigenvalue weighted by molar-refractivity contribution is 0.722. The van der Waals surface area contributed by atoms with Crippen LogP contribution in [-0.4, -0.2) is 0 Å². The monoisotopic (exact) mass is 188 g/mol. The van der Waals surface area contributed by atoms with Gasteiger partial charge in [0, 0.05) is 0 Å². The Bertz CT molecular complexity index is 266. The molecule has 0 N–H and O–H groups in total. The highest BCUT2D eigenvalue weighted by atomic mass is 14.1. The lowest BCUT2D eigenvalue weighted by atomic mass is 9.89. The van der Waals surface area contributed by atoms with Gasteiger partial charge in [0.1, 0.15) is 0 Å². The second-order valence-corrected chi connectivity index (χ2v) is 4.32. The third kappa shape index (κ3) is 2.73. The molecule has 1 aliphatic carbocycles. The minimum atomic E-state index is 0.597. The molecule has 0 amide bonds. The van der Waals surface area contributed by atoms with Crippen LogP contribution in [0.2, 0.25) is 0 Å². The summed E-state index contributed by atoms with van der Waals surface area (Å²) >= 11 is 0. The van der Waals surface area contributed by atoms with Crippen molar-refractivity contribution in [3.63, 3.8) is 0 Å². The standard InChI is InChI=1S/C14H20/c1-11(2)13-9-7-5-6-8-10-14(13)12(3)4/h5-12H,1-4H3. The van der Waals surface area contributed by atoms with E-state index in [0.29, 0.717) is 11.8 Å². The molecule has 0 heteroatoms. The first-order valence-corrected chi connectivity index (χ1v) is 5.38. The summed E-state index contributed by atoms with van der Waals surface area (Å²) in [5, 5.41) is 0. The average molecular weight is 188 g/mol. The molecule has 0 aromatic carbocycles. The molecule has 0 aromatic rings. The molecule has 0 fully saturated rings. The Morgan fingerprint density at radius 2 is 1.00 bits per heavy atom. The molecule has 0 saturated heterocycles. The number of hydrogen-bond donors (Lipinski definition) is 0. The zero-order valence-corrected chi connectivity index (χ0v) is 9.62. The highest BCUT2D eigenvalue weighted by Crippen LogP contribution is 2.24. The van der Waals surface area contributed by atoms with Crippen molar-refractivity contribution in [2.75, 3.05) is 0 Å². The van der Waals surface area contributed by atoms with Crippen LogP contribution in [0.25, 0.3) is 0 Å². The van der Waals surface area contributed by atoms with Gasteiger partial charge in [0.15, 0.2) is 0 Å². The Balaban J connectivity index is 3.13. The van der Waals surface area contributed by atoms with Crippen LogP contribution in [0, 0.1) is 11.8 Å². The predicted molar refractivity (Wildman–Crippen MR) is 64.1 cm³/mol. The van der Waals surface area contributed by atoms with E-state index in [1.54, 1.807) is 0 Å². The van der Waals surface area contributed by atoms with E-state index < -0.39 is 0 Å². The molecule has 0 unspecified atom stereocenters. The fourth-order valence-corrected chi connectivity index (χ4v) is 1.69. The third-order valence-corrected chi connectivity index (χ3v) is 2.46. The van der Waals surface area contributed by atoms with Crippen LogP contribution >= 0.6 is 0 Å². The fourth-order valence-electron chi connectivity index (χ4n) is 1.69. The van der Waals surface area contributed by atoms with E-state index in [2.05, 4.69) is 64.2 Å². The van der Waals surface area contributed by atoms with Crippen LogP contribution in [0.1, 0.15) is 27.7 Å². The molecule has 0 aromatic heterocycles. The van der Waals surface area contributed by atoms with Crippen molar-refractivity contribution in [3.8, 4) is 0 Å². The number of rotatable bonds is 2. The van der Waals surface area contributed by atoms with E-state index in [1.807, 2.05) is 0 Å². The van der Waals surface area contributed by atoms with E-state index in [-0.39, 0.29) is 0 Å². The van der Waals surface area contributed by atoms with Crippen molar-refractivity contribution in [2.45, 2.75) is 27.7 Å². The second-order valence-electron chi connectivity index (χ2n) is 4.32. The van der Waals surface area contributed by atoms with E-state index in [1.165, 1.54) is 11.1 Å². The summed E-state index contributed by atoms with van der Waals surface area (Å²) < 4.78 is 0. The maximum absolute atomic E-state index is 2.25. The zero-order chi connectivity index (χ0) is 10.6. The molecule has 0 radical (unpaired) electrons. The highest BCUT2D eigenvalue weighted by Gasteiger charge is 2.09. The Hall–Kier alpha value is -1.04. The topological polar surface area (TPSA) is 0 Å². The molecular weight excluding hydrogens is 168 g/mol. The lowest BCUT2D eigenvalue weighted by Crippen LogP contribution is -2.01. The van der Waals surface area contributed by atoms with Crippen molar-refractivity contribution < 1.29 is 0 Å². The van der Waals surface area contributed by atoms with Crippen molar-refractivity contribution in [3.05, 3.63) is 47.6 Å². The van der Waals surface area contributed by atoms with Gasteiger partial charge in [0.05, 0.1) is 0 Å². The molecule has 0 heterocycles. The Kier molecular flexibility index (Phi) is 3.94. The average Bonchev–Trinajstić information content (AvgIpc) is 2.01. The van der Waals surface area contributed by atoms with Crippen LogP contribution < -0.4 is 0 Å². The SMILES string of the molecule is CC(C)C1=C(C(C)C)C=CC=CC=C1. The third-order valence-electron chi connectivity index (χ3n) is 2.46. The van der Waals surface area contributed by atoms with Crippen LogP contribution in [0.4, 0.5) is 0 Å². The smallest absolute Gasteiger partial charge is 0.0216 e. The quantitative estimate of drug-likeness (QED) is 0.607. The number of hydrogen-bond acceptors (Lipinski definition) is 0. The summed E-state index contributed by atoms with van der Waals surface area (Å²) in [5.41, 5.74) is 2.92. The molecule has 0 spiro atoms. The molecule has 0 bridgehead atoms. The summed E-state index contributed by atoms with van der Waals surface area (Å²) in [6.45, 7) is 9.00.